The van der Waals surface area contributed by atoms with Crippen molar-refractivity contribution in [1.82, 2.24) is 9.97 Å². The van der Waals surface area contributed by atoms with Crippen LogP contribution in [0.2, 0.25) is 0 Å². The van der Waals surface area contributed by atoms with Gasteiger partial charge >= 0.3 is 5.97 Å². The Labute approximate surface area is 132 Å². The molecule has 0 aliphatic heterocycles. The summed E-state index contributed by atoms with van der Waals surface area (Å²) >= 11 is 0. The summed E-state index contributed by atoms with van der Waals surface area (Å²) in [5.74, 6) is -0.648. The Kier molecular flexibility index (Phi) is 3.57. The molecule has 116 valence electrons. The van der Waals surface area contributed by atoms with E-state index in [1.165, 1.54) is 0 Å². The summed E-state index contributed by atoms with van der Waals surface area (Å²) in [6.07, 6.45) is 0. The number of benzene rings is 1. The summed E-state index contributed by atoms with van der Waals surface area (Å²) in [5, 5.41) is 19.6. The standard InChI is InChI=1S/C17H14N2O4/c1-9-8-12-13(10(2)18-14(15(12)20)17(21)22)19-16(9)23-11-6-4-3-5-7-11/h3-8,20H,1-2H3,(H,21,22). The molecule has 6 nitrogen and oxygen atoms in total. The molecule has 2 heterocycles. The third-order valence-electron chi connectivity index (χ3n) is 3.43. The third kappa shape index (κ3) is 2.66. The van der Waals surface area contributed by atoms with Gasteiger partial charge in [-0.1, -0.05) is 18.2 Å². The summed E-state index contributed by atoms with van der Waals surface area (Å²) < 4.78 is 5.75. The van der Waals surface area contributed by atoms with Crippen molar-refractivity contribution in [2.24, 2.45) is 0 Å². The van der Waals surface area contributed by atoms with Gasteiger partial charge in [-0.3, -0.25) is 0 Å². The lowest BCUT2D eigenvalue weighted by atomic mass is 10.1. The zero-order valence-electron chi connectivity index (χ0n) is 12.6. The summed E-state index contributed by atoms with van der Waals surface area (Å²) in [5.41, 5.74) is 1.11. The monoisotopic (exact) mass is 310 g/mol. The first-order valence-corrected chi connectivity index (χ1v) is 6.94. The van der Waals surface area contributed by atoms with Gasteiger partial charge in [0.15, 0.2) is 11.4 Å². The van der Waals surface area contributed by atoms with Crippen LogP contribution >= 0.6 is 0 Å². The van der Waals surface area contributed by atoms with Crippen molar-refractivity contribution < 1.29 is 19.7 Å². The number of nitrogens with zero attached hydrogens (tertiary/aromatic N) is 2. The van der Waals surface area contributed by atoms with Crippen LogP contribution in [0.4, 0.5) is 0 Å². The summed E-state index contributed by atoms with van der Waals surface area (Å²) in [6.45, 7) is 3.42. The van der Waals surface area contributed by atoms with Gasteiger partial charge < -0.3 is 14.9 Å². The van der Waals surface area contributed by atoms with Crippen LogP contribution in [0.25, 0.3) is 10.9 Å². The van der Waals surface area contributed by atoms with Crippen molar-refractivity contribution in [1.29, 1.82) is 0 Å². The number of ether oxygens (including phenoxy) is 1. The quantitative estimate of drug-likeness (QED) is 0.769. The Morgan fingerprint density at radius 3 is 2.48 bits per heavy atom. The highest BCUT2D eigenvalue weighted by Gasteiger charge is 2.19. The maximum atomic E-state index is 11.1. The molecule has 0 aliphatic rings. The minimum atomic E-state index is -1.28. The van der Waals surface area contributed by atoms with Crippen molar-refractivity contribution in [3.05, 3.63) is 53.3 Å². The lowest BCUT2D eigenvalue weighted by Crippen LogP contribution is -2.04. The number of pyridine rings is 2. The van der Waals surface area contributed by atoms with E-state index in [0.29, 0.717) is 33.8 Å². The lowest BCUT2D eigenvalue weighted by molar-refractivity contribution is 0.0687. The number of carboxylic acid groups (broad SMARTS) is 1. The summed E-state index contributed by atoms with van der Waals surface area (Å²) in [7, 11) is 0. The summed E-state index contributed by atoms with van der Waals surface area (Å²) in [6, 6.07) is 10.8. The molecule has 3 aromatic rings. The second kappa shape index (κ2) is 5.57. The first-order chi connectivity index (χ1) is 11.0. The Bertz CT molecular complexity index is 908. The highest BCUT2D eigenvalue weighted by molar-refractivity contribution is 5.98. The first kappa shape index (κ1) is 14.8. The molecule has 0 fully saturated rings. The predicted molar refractivity (Wildman–Crippen MR) is 84.2 cm³/mol. The van der Waals surface area contributed by atoms with Gasteiger partial charge in [-0.05, 0) is 32.0 Å². The van der Waals surface area contributed by atoms with Crippen LogP contribution in [0.5, 0.6) is 17.4 Å². The van der Waals surface area contributed by atoms with E-state index < -0.39 is 5.97 Å². The van der Waals surface area contributed by atoms with Crippen molar-refractivity contribution >= 4 is 16.9 Å². The van der Waals surface area contributed by atoms with Crippen LogP contribution in [0.15, 0.2) is 36.4 Å². The number of aromatic carboxylic acids is 1. The fourth-order valence-electron chi connectivity index (χ4n) is 2.31. The number of carbonyl (C=O) groups is 1. The van der Waals surface area contributed by atoms with E-state index in [4.69, 9.17) is 9.84 Å². The number of rotatable bonds is 3. The maximum absolute atomic E-state index is 11.1. The molecule has 0 saturated heterocycles. The molecule has 2 aromatic heterocycles. The van der Waals surface area contributed by atoms with E-state index in [1.807, 2.05) is 18.2 Å². The number of carboxylic acids is 1. The molecule has 0 atom stereocenters. The van der Waals surface area contributed by atoms with Gasteiger partial charge in [-0.2, -0.15) is 0 Å². The zero-order valence-corrected chi connectivity index (χ0v) is 12.6. The normalized spacial score (nSPS) is 10.7. The molecule has 3 rings (SSSR count). The van der Waals surface area contributed by atoms with Crippen LogP contribution in [0.3, 0.4) is 0 Å². The Morgan fingerprint density at radius 2 is 1.83 bits per heavy atom. The average Bonchev–Trinajstić information content (AvgIpc) is 2.53. The van der Waals surface area contributed by atoms with Crippen molar-refractivity contribution in [2.45, 2.75) is 13.8 Å². The highest BCUT2D eigenvalue weighted by Crippen LogP contribution is 2.33. The van der Waals surface area contributed by atoms with Crippen LogP contribution < -0.4 is 4.74 Å². The van der Waals surface area contributed by atoms with Gasteiger partial charge in [0.05, 0.1) is 11.2 Å². The third-order valence-corrected chi connectivity index (χ3v) is 3.43. The van der Waals surface area contributed by atoms with Gasteiger partial charge in [-0.25, -0.2) is 14.8 Å². The van der Waals surface area contributed by atoms with E-state index >= 15 is 0 Å². The van der Waals surface area contributed by atoms with E-state index in [-0.39, 0.29) is 11.4 Å². The summed E-state index contributed by atoms with van der Waals surface area (Å²) in [4.78, 5) is 19.4. The van der Waals surface area contributed by atoms with E-state index in [2.05, 4.69) is 9.97 Å². The fraction of sp³-hybridized carbons (Fsp3) is 0.118. The Hall–Kier alpha value is -3.15. The number of aromatic hydroxyl groups is 1. The number of hydrogen-bond donors (Lipinski definition) is 2. The van der Waals surface area contributed by atoms with Gasteiger partial charge in [0, 0.05) is 10.9 Å². The molecule has 23 heavy (non-hydrogen) atoms. The SMILES string of the molecule is Cc1cc2c(O)c(C(=O)O)nc(C)c2nc1Oc1ccccc1. The fourth-order valence-corrected chi connectivity index (χ4v) is 2.31. The van der Waals surface area contributed by atoms with E-state index in [9.17, 15) is 9.90 Å². The van der Waals surface area contributed by atoms with Gasteiger partial charge in [0.25, 0.3) is 0 Å². The molecule has 0 spiro atoms. The topological polar surface area (TPSA) is 92.5 Å². The van der Waals surface area contributed by atoms with Crippen LogP contribution in [0, 0.1) is 13.8 Å². The molecule has 0 amide bonds. The predicted octanol–water partition coefficient (Wildman–Crippen LogP) is 3.44. The van der Waals surface area contributed by atoms with Crippen LogP contribution in [-0.4, -0.2) is 26.2 Å². The Morgan fingerprint density at radius 1 is 1.13 bits per heavy atom. The molecular formula is C17H14N2O4. The van der Waals surface area contributed by atoms with Crippen molar-refractivity contribution in [3.8, 4) is 17.4 Å². The lowest BCUT2D eigenvalue weighted by Gasteiger charge is -2.12. The molecule has 1 aromatic carbocycles. The number of hydrogen-bond acceptors (Lipinski definition) is 5. The average molecular weight is 310 g/mol. The second-order valence-electron chi connectivity index (χ2n) is 5.12. The number of fused-ring (bicyclic) bond motifs is 1. The van der Waals surface area contributed by atoms with Gasteiger partial charge in [0.2, 0.25) is 5.88 Å². The largest absolute Gasteiger partial charge is 0.505 e. The zero-order chi connectivity index (χ0) is 16.6. The van der Waals surface area contributed by atoms with Crippen molar-refractivity contribution in [3.63, 3.8) is 0 Å². The minimum Gasteiger partial charge on any atom is -0.505 e. The van der Waals surface area contributed by atoms with Crippen LogP contribution in [0.1, 0.15) is 21.7 Å². The minimum absolute atomic E-state index is 0.341. The number of aryl methyl sites for hydroxylation is 2. The first-order valence-electron chi connectivity index (χ1n) is 6.94. The molecule has 0 radical (unpaired) electrons. The van der Waals surface area contributed by atoms with E-state index in [1.54, 1.807) is 32.0 Å². The van der Waals surface area contributed by atoms with Gasteiger partial charge in [-0.15, -0.1) is 0 Å². The molecule has 2 N–H and O–H groups in total. The van der Waals surface area contributed by atoms with Crippen LogP contribution in [-0.2, 0) is 0 Å². The van der Waals surface area contributed by atoms with Crippen molar-refractivity contribution in [2.75, 3.05) is 0 Å². The second-order valence-corrected chi connectivity index (χ2v) is 5.12. The highest BCUT2D eigenvalue weighted by atomic mass is 16.5. The molecule has 6 heteroatoms. The number of aromatic nitrogens is 2. The molecule has 0 unspecified atom stereocenters. The van der Waals surface area contributed by atoms with Gasteiger partial charge in [0.1, 0.15) is 5.75 Å². The molecular weight excluding hydrogens is 296 g/mol. The number of para-hydroxylation sites is 1. The molecule has 0 aliphatic carbocycles. The maximum Gasteiger partial charge on any atom is 0.358 e. The van der Waals surface area contributed by atoms with E-state index in [0.717, 1.165) is 0 Å². The smallest absolute Gasteiger partial charge is 0.358 e. The molecule has 0 bridgehead atoms. The molecule has 0 saturated carbocycles. The Balaban J connectivity index is 2.17.